The topological polar surface area (TPSA) is 97.1 Å². The molecule has 0 spiro atoms. The van der Waals surface area contributed by atoms with Crippen LogP contribution in [0, 0.1) is 0 Å². The summed E-state index contributed by atoms with van der Waals surface area (Å²) >= 11 is 0. The quantitative estimate of drug-likeness (QED) is 0.108. The predicted octanol–water partition coefficient (Wildman–Crippen LogP) is 28.8. The summed E-state index contributed by atoms with van der Waals surface area (Å²) in [7, 11) is 0. The van der Waals surface area contributed by atoms with Crippen LogP contribution < -0.4 is 0 Å². The molecule has 0 aliphatic rings. The molecule has 0 radical (unpaired) electrons. The summed E-state index contributed by atoms with van der Waals surface area (Å²) in [6.45, 7) is 0. The van der Waals surface area contributed by atoms with E-state index in [9.17, 15) is 0 Å². The third kappa shape index (κ3) is 13.1. The summed E-state index contributed by atoms with van der Waals surface area (Å²) in [5.74, 6) is 3.88. The Morgan fingerprint density at radius 1 is 0.113 bits per heavy atom. The van der Waals surface area contributed by atoms with E-state index in [1.807, 2.05) is 121 Å². The van der Waals surface area contributed by atoms with Gasteiger partial charge in [0.2, 0.25) is 0 Å². The molecule has 580 valence electrons. The number of para-hydroxylation sites is 6. The molecule has 0 bridgehead atoms. The molecule has 0 saturated heterocycles. The third-order valence-corrected chi connectivity index (χ3v) is 24.0. The van der Waals surface area contributed by atoms with Crippen molar-refractivity contribution in [2.24, 2.45) is 0 Å². The van der Waals surface area contributed by atoms with E-state index in [0.29, 0.717) is 34.9 Å². The van der Waals surface area contributed by atoms with Crippen LogP contribution in [0.1, 0.15) is 0 Å². The number of hydrogen-bond acceptors (Lipinski definition) is 6. The largest absolute Gasteiger partial charge is 0.309 e. The lowest BCUT2D eigenvalue weighted by Gasteiger charge is -2.11. The zero-order chi connectivity index (χ0) is 82.0. The first kappa shape index (κ1) is 72.4. The molecule has 24 aromatic rings. The second-order valence-corrected chi connectivity index (χ2v) is 31.3. The predicted molar refractivity (Wildman–Crippen MR) is 511 cm³/mol. The second kappa shape index (κ2) is 30.8. The average molecular weight is 1580 g/mol. The second-order valence-electron chi connectivity index (χ2n) is 31.3. The Morgan fingerprint density at radius 3 is 0.685 bits per heavy atom. The smallest absolute Gasteiger partial charge is 0.164 e. The van der Waals surface area contributed by atoms with Crippen molar-refractivity contribution in [3.05, 3.63) is 449 Å². The van der Waals surface area contributed by atoms with Crippen molar-refractivity contribution in [2.45, 2.75) is 0 Å². The zero-order valence-corrected chi connectivity index (χ0v) is 67.2. The Balaban J connectivity index is 0.000000143. The fourth-order valence-electron chi connectivity index (χ4n) is 18.0. The summed E-state index contributed by atoms with van der Waals surface area (Å²) in [5.41, 5.74) is 28.9. The van der Waals surface area contributed by atoms with Gasteiger partial charge in [-0.05, 0) is 160 Å². The van der Waals surface area contributed by atoms with E-state index in [-0.39, 0.29) is 0 Å². The highest BCUT2D eigenvalue weighted by atomic mass is 15.1. The fourth-order valence-corrected chi connectivity index (χ4v) is 18.0. The first-order valence-electron chi connectivity index (χ1n) is 41.9. The van der Waals surface area contributed by atoms with Gasteiger partial charge in [0.1, 0.15) is 0 Å². The van der Waals surface area contributed by atoms with Gasteiger partial charge in [0, 0.05) is 99.2 Å². The molecule has 24 rings (SSSR count). The monoisotopic (exact) mass is 1580 g/mol. The van der Waals surface area contributed by atoms with Crippen LogP contribution in [-0.2, 0) is 0 Å². The molecule has 0 saturated carbocycles. The number of nitrogens with zero attached hydrogens (tertiary/aromatic N) is 10. The normalized spacial score (nSPS) is 11.5. The van der Waals surface area contributed by atoms with E-state index in [1.165, 1.54) is 109 Å². The Hall–Kier alpha value is -16.8. The van der Waals surface area contributed by atoms with Gasteiger partial charge in [0.25, 0.3) is 0 Å². The van der Waals surface area contributed by atoms with Gasteiger partial charge < -0.3 is 18.3 Å². The van der Waals surface area contributed by atoms with E-state index < -0.39 is 0 Å². The van der Waals surface area contributed by atoms with Gasteiger partial charge >= 0.3 is 0 Å². The molecule has 18 aromatic carbocycles. The first-order valence-corrected chi connectivity index (χ1v) is 41.9. The maximum Gasteiger partial charge on any atom is 0.164 e. The minimum atomic E-state index is 0.638. The van der Waals surface area contributed by atoms with Gasteiger partial charge in [-0.25, -0.2) is 29.9 Å². The van der Waals surface area contributed by atoms with Crippen LogP contribution in [0.25, 0.3) is 223 Å². The van der Waals surface area contributed by atoms with Crippen LogP contribution in [-0.4, -0.2) is 48.2 Å². The molecule has 10 nitrogen and oxygen atoms in total. The molecule has 6 aromatic heterocycles. The molecular formula is C114H74N10. The molecule has 6 heterocycles. The van der Waals surface area contributed by atoms with Crippen molar-refractivity contribution in [3.8, 4) is 136 Å². The summed E-state index contributed by atoms with van der Waals surface area (Å²) in [6.07, 6.45) is 0. The first-order chi connectivity index (χ1) is 61.5. The Bertz CT molecular complexity index is 8050. The van der Waals surface area contributed by atoms with Crippen LogP contribution in [0.2, 0.25) is 0 Å². The van der Waals surface area contributed by atoms with Crippen molar-refractivity contribution < 1.29 is 0 Å². The maximum absolute atomic E-state index is 4.98. The fraction of sp³-hybridized carbons (Fsp3) is 0. The zero-order valence-electron chi connectivity index (χ0n) is 67.2. The van der Waals surface area contributed by atoms with Crippen molar-refractivity contribution in [3.63, 3.8) is 0 Å². The van der Waals surface area contributed by atoms with Gasteiger partial charge in [0.15, 0.2) is 34.9 Å². The minimum absolute atomic E-state index is 0.638. The summed E-state index contributed by atoms with van der Waals surface area (Å²) in [4.78, 5) is 29.6. The Labute approximate surface area is 715 Å². The molecule has 10 heteroatoms. The van der Waals surface area contributed by atoms with Crippen LogP contribution in [0.3, 0.4) is 0 Å². The number of benzene rings is 18. The lowest BCUT2D eigenvalue weighted by atomic mass is 10.0. The molecule has 0 atom stereocenters. The van der Waals surface area contributed by atoms with Gasteiger partial charge in [-0.1, -0.05) is 334 Å². The van der Waals surface area contributed by atoms with Crippen molar-refractivity contribution >= 4 is 87.2 Å². The molecule has 0 aliphatic heterocycles. The SMILES string of the molecule is c1ccc(-c2nc(-c3ccccc3)nc(-c3ccc(-c4ccc(-n5c6ccccc6c6ccc(-c7ccc8c(c7)c7ccccc7n8-c7ccccc7)cc65)cc4)cc3)n2)cc1.c1ccc(-c2nc(-c3ccccc3)nc(-c3cccc(-c4ccc(-n5c6ccccc6c6cc(-c7ccc8c9ccccc9n(-c9ccccc9)c8c7)ccc65)cc4)c3)n2)cc1. The number of rotatable bonds is 14. The van der Waals surface area contributed by atoms with E-state index in [4.69, 9.17) is 29.9 Å². The summed E-state index contributed by atoms with van der Waals surface area (Å²) in [5, 5.41) is 9.91. The number of fused-ring (bicyclic) bond motifs is 12. The Kier molecular flexibility index (Phi) is 18.0. The lowest BCUT2D eigenvalue weighted by molar-refractivity contribution is 1.07. The molecule has 0 amide bonds. The van der Waals surface area contributed by atoms with E-state index in [1.54, 1.807) is 0 Å². The van der Waals surface area contributed by atoms with Crippen LogP contribution >= 0.6 is 0 Å². The molecule has 0 N–H and O–H groups in total. The highest BCUT2D eigenvalue weighted by Crippen LogP contribution is 2.43. The van der Waals surface area contributed by atoms with Crippen LogP contribution in [0.4, 0.5) is 0 Å². The average Bonchev–Trinajstić information content (AvgIpc) is 1.61. The van der Waals surface area contributed by atoms with Gasteiger partial charge in [-0.15, -0.1) is 0 Å². The van der Waals surface area contributed by atoms with Crippen LogP contribution in [0.15, 0.2) is 449 Å². The Morgan fingerprint density at radius 2 is 0.323 bits per heavy atom. The van der Waals surface area contributed by atoms with Gasteiger partial charge in [-0.2, -0.15) is 0 Å². The number of aromatic nitrogens is 10. The van der Waals surface area contributed by atoms with E-state index in [0.717, 1.165) is 78.4 Å². The molecule has 0 fully saturated rings. The van der Waals surface area contributed by atoms with Gasteiger partial charge in [0.05, 0.1) is 44.1 Å². The minimum Gasteiger partial charge on any atom is -0.309 e. The van der Waals surface area contributed by atoms with Crippen molar-refractivity contribution in [1.82, 2.24) is 48.2 Å². The molecule has 0 aliphatic carbocycles. The number of hydrogen-bond donors (Lipinski definition) is 0. The van der Waals surface area contributed by atoms with Gasteiger partial charge in [-0.3, -0.25) is 0 Å². The standard InChI is InChI=1S/2C57H37N5/c1-4-15-39(16-5-1)55-58-56(40-17-6-2-7-18-40)60-57(59-55)44-20-14-19-41(35-44)38-27-31-46(32-28-38)61-52-26-13-11-24-48(52)50-36-42(30-34-53(50)61)43-29-33-49-47-23-10-12-25-51(47)62(54(49)37-43)45-21-8-3-9-22-45;1-4-14-40(15-5-1)55-58-56(41-16-6-2-7-17-41)60-57(59-55)42-26-24-38(25-27-42)39-28-32-46(33-29-39)62-51-22-12-10-20-47(51)49-34-30-44(37-54(49)62)43-31-35-53-50(36-43)48-21-11-13-23-52(48)61(53)45-18-8-3-9-19-45/h2*1-37H. The summed E-state index contributed by atoms with van der Waals surface area (Å²) < 4.78 is 9.53. The molecular weight excluding hydrogens is 1510 g/mol. The lowest BCUT2D eigenvalue weighted by Crippen LogP contribution is -2.00. The van der Waals surface area contributed by atoms with Crippen molar-refractivity contribution in [1.29, 1.82) is 0 Å². The highest BCUT2D eigenvalue weighted by molar-refractivity contribution is 6.15. The summed E-state index contributed by atoms with van der Waals surface area (Å²) in [6, 6.07) is 159. The molecule has 0 unspecified atom stereocenters. The van der Waals surface area contributed by atoms with Crippen LogP contribution in [0.5, 0.6) is 0 Å². The third-order valence-electron chi connectivity index (χ3n) is 24.0. The van der Waals surface area contributed by atoms with E-state index >= 15 is 0 Å². The highest BCUT2D eigenvalue weighted by Gasteiger charge is 2.22. The van der Waals surface area contributed by atoms with Crippen molar-refractivity contribution in [2.75, 3.05) is 0 Å². The van der Waals surface area contributed by atoms with E-state index in [2.05, 4.69) is 346 Å². The maximum atomic E-state index is 4.98. The molecule has 124 heavy (non-hydrogen) atoms.